The number of benzene rings is 1. The molecule has 2 N–H and O–H groups in total. The lowest BCUT2D eigenvalue weighted by Crippen LogP contribution is -2.39. The van der Waals surface area contributed by atoms with Crippen LogP contribution >= 0.6 is 15.9 Å². The van der Waals surface area contributed by atoms with Gasteiger partial charge in [-0.3, -0.25) is 0 Å². The molecule has 0 heterocycles. The lowest BCUT2D eigenvalue weighted by Gasteiger charge is -2.28. The quantitative estimate of drug-likeness (QED) is 0.818. The third kappa shape index (κ3) is 4.15. The SMILES string of the molecule is COc1cc(Br)c(F)cc1S(=O)(=O)N(C)CC(C)(C)CN. The van der Waals surface area contributed by atoms with Crippen LogP contribution in [0.5, 0.6) is 5.75 Å². The summed E-state index contributed by atoms with van der Waals surface area (Å²) < 4.78 is 45.2. The Morgan fingerprint density at radius 1 is 1.43 bits per heavy atom. The average Bonchev–Trinajstić information content (AvgIpc) is 2.40. The lowest BCUT2D eigenvalue weighted by molar-refractivity contribution is 0.291. The van der Waals surface area contributed by atoms with Gasteiger partial charge < -0.3 is 10.5 Å². The molecule has 0 bridgehead atoms. The second kappa shape index (κ2) is 6.60. The molecule has 0 radical (unpaired) electrons. The standard InChI is InChI=1S/C13H20BrFN2O3S/c1-13(2,7-16)8-17(3)21(18,19)12-6-10(15)9(14)5-11(12)20-4/h5-6H,7-8,16H2,1-4H3. The van der Waals surface area contributed by atoms with Gasteiger partial charge in [0.1, 0.15) is 16.5 Å². The zero-order valence-electron chi connectivity index (χ0n) is 12.5. The summed E-state index contributed by atoms with van der Waals surface area (Å²) in [7, 11) is -1.10. The van der Waals surface area contributed by atoms with Crippen LogP contribution in [-0.4, -0.2) is 40.0 Å². The van der Waals surface area contributed by atoms with E-state index < -0.39 is 15.8 Å². The van der Waals surface area contributed by atoms with Crippen LogP contribution in [0.2, 0.25) is 0 Å². The zero-order valence-corrected chi connectivity index (χ0v) is 14.9. The van der Waals surface area contributed by atoms with E-state index in [0.29, 0.717) is 6.54 Å². The molecule has 0 aliphatic carbocycles. The van der Waals surface area contributed by atoms with E-state index in [1.54, 1.807) is 0 Å². The van der Waals surface area contributed by atoms with Crippen molar-refractivity contribution in [1.82, 2.24) is 4.31 Å². The first kappa shape index (κ1) is 18.3. The van der Waals surface area contributed by atoms with Crippen LogP contribution in [0.1, 0.15) is 13.8 Å². The number of hydrogen-bond acceptors (Lipinski definition) is 4. The summed E-state index contributed by atoms with van der Waals surface area (Å²) in [6.45, 7) is 4.27. The van der Waals surface area contributed by atoms with Crippen molar-refractivity contribution in [2.75, 3.05) is 27.2 Å². The van der Waals surface area contributed by atoms with E-state index in [9.17, 15) is 12.8 Å². The van der Waals surface area contributed by atoms with Gasteiger partial charge in [0.2, 0.25) is 10.0 Å². The van der Waals surface area contributed by atoms with E-state index in [-0.39, 0.29) is 27.1 Å². The first-order valence-corrected chi connectivity index (χ1v) is 8.48. The van der Waals surface area contributed by atoms with E-state index in [0.717, 1.165) is 10.4 Å². The molecule has 0 amide bonds. The maximum Gasteiger partial charge on any atom is 0.246 e. The molecule has 0 spiro atoms. The lowest BCUT2D eigenvalue weighted by atomic mass is 9.94. The average molecular weight is 383 g/mol. The van der Waals surface area contributed by atoms with Crippen LogP contribution in [0.25, 0.3) is 0 Å². The Morgan fingerprint density at radius 3 is 2.48 bits per heavy atom. The minimum Gasteiger partial charge on any atom is -0.495 e. The molecule has 0 aliphatic heterocycles. The molecule has 0 unspecified atom stereocenters. The van der Waals surface area contributed by atoms with Gasteiger partial charge in [-0.15, -0.1) is 0 Å². The Kier molecular flexibility index (Phi) is 5.76. The number of ether oxygens (including phenoxy) is 1. The largest absolute Gasteiger partial charge is 0.495 e. The van der Waals surface area contributed by atoms with Gasteiger partial charge in [0.25, 0.3) is 0 Å². The maximum atomic E-state index is 13.7. The van der Waals surface area contributed by atoms with Crippen LogP contribution in [0.4, 0.5) is 4.39 Å². The number of rotatable bonds is 6. The van der Waals surface area contributed by atoms with Crippen molar-refractivity contribution < 1.29 is 17.5 Å². The van der Waals surface area contributed by atoms with E-state index in [2.05, 4.69) is 15.9 Å². The first-order chi connectivity index (χ1) is 9.55. The van der Waals surface area contributed by atoms with Gasteiger partial charge in [0.05, 0.1) is 11.6 Å². The third-order valence-electron chi connectivity index (χ3n) is 3.10. The fourth-order valence-electron chi connectivity index (χ4n) is 1.79. The molecule has 0 saturated heterocycles. The summed E-state index contributed by atoms with van der Waals surface area (Å²) in [5.41, 5.74) is 5.24. The summed E-state index contributed by atoms with van der Waals surface area (Å²) in [6, 6.07) is 2.24. The summed E-state index contributed by atoms with van der Waals surface area (Å²) in [6.07, 6.45) is 0. The number of methoxy groups -OCH3 is 1. The molecule has 0 atom stereocenters. The second-order valence-corrected chi connectivity index (χ2v) is 8.41. The van der Waals surface area contributed by atoms with Crippen molar-refractivity contribution in [1.29, 1.82) is 0 Å². The van der Waals surface area contributed by atoms with Gasteiger partial charge in [0.15, 0.2) is 0 Å². The molecule has 8 heteroatoms. The van der Waals surface area contributed by atoms with E-state index in [1.807, 2.05) is 13.8 Å². The zero-order chi connectivity index (χ0) is 16.4. The molecule has 5 nitrogen and oxygen atoms in total. The Hall–Kier alpha value is -0.700. The van der Waals surface area contributed by atoms with Gasteiger partial charge in [-0.1, -0.05) is 13.8 Å². The highest BCUT2D eigenvalue weighted by Crippen LogP contribution is 2.32. The highest BCUT2D eigenvalue weighted by molar-refractivity contribution is 9.10. The van der Waals surface area contributed by atoms with Crippen molar-refractivity contribution in [2.45, 2.75) is 18.7 Å². The molecule has 21 heavy (non-hydrogen) atoms. The van der Waals surface area contributed by atoms with Crippen molar-refractivity contribution in [3.05, 3.63) is 22.4 Å². The highest BCUT2D eigenvalue weighted by atomic mass is 79.9. The number of halogens is 2. The third-order valence-corrected chi connectivity index (χ3v) is 5.53. The molecule has 120 valence electrons. The Labute approximate surface area is 133 Å². The molecule has 0 fully saturated rings. The molecule has 0 aliphatic rings. The molecular formula is C13H20BrFN2O3S. The van der Waals surface area contributed by atoms with E-state index in [1.165, 1.54) is 20.2 Å². The van der Waals surface area contributed by atoms with Crippen LogP contribution in [-0.2, 0) is 10.0 Å². The minimum atomic E-state index is -3.87. The summed E-state index contributed by atoms with van der Waals surface area (Å²) in [4.78, 5) is -0.207. The van der Waals surface area contributed by atoms with Gasteiger partial charge in [-0.25, -0.2) is 17.1 Å². The molecule has 1 aromatic rings. The number of sulfonamides is 1. The smallest absolute Gasteiger partial charge is 0.246 e. The highest BCUT2D eigenvalue weighted by Gasteiger charge is 2.30. The predicted octanol–water partition coefficient (Wildman–Crippen LogP) is 2.20. The van der Waals surface area contributed by atoms with Crippen LogP contribution < -0.4 is 10.5 Å². The molecule has 0 saturated carbocycles. The van der Waals surface area contributed by atoms with Crippen molar-refractivity contribution in [3.63, 3.8) is 0 Å². The summed E-state index contributed by atoms with van der Waals surface area (Å²) >= 11 is 3.00. The van der Waals surface area contributed by atoms with E-state index >= 15 is 0 Å². The van der Waals surface area contributed by atoms with Crippen LogP contribution in [0.15, 0.2) is 21.5 Å². The van der Waals surface area contributed by atoms with Gasteiger partial charge in [-0.05, 0) is 40.0 Å². The molecular weight excluding hydrogens is 363 g/mol. The normalized spacial score (nSPS) is 12.8. The van der Waals surface area contributed by atoms with Gasteiger partial charge in [0, 0.05) is 13.6 Å². The summed E-state index contributed by atoms with van der Waals surface area (Å²) in [5, 5.41) is 0. The van der Waals surface area contributed by atoms with Crippen molar-refractivity contribution in [3.8, 4) is 5.75 Å². The second-order valence-electron chi connectivity index (χ2n) is 5.55. The van der Waals surface area contributed by atoms with Gasteiger partial charge in [-0.2, -0.15) is 0 Å². The fraction of sp³-hybridized carbons (Fsp3) is 0.538. The maximum absolute atomic E-state index is 13.7. The number of hydrogen-bond donors (Lipinski definition) is 1. The van der Waals surface area contributed by atoms with Gasteiger partial charge >= 0.3 is 0 Å². The number of nitrogens with zero attached hydrogens (tertiary/aromatic N) is 1. The van der Waals surface area contributed by atoms with E-state index in [4.69, 9.17) is 10.5 Å². The minimum absolute atomic E-state index is 0.0840. The molecule has 1 rings (SSSR count). The Bertz CT molecular complexity index is 620. The molecule has 1 aromatic carbocycles. The first-order valence-electron chi connectivity index (χ1n) is 6.24. The van der Waals surface area contributed by atoms with Crippen LogP contribution in [0, 0.1) is 11.2 Å². The topological polar surface area (TPSA) is 72.6 Å². The Balaban J connectivity index is 3.28. The number of nitrogens with two attached hydrogens (primary N) is 1. The fourth-order valence-corrected chi connectivity index (χ4v) is 3.62. The monoisotopic (exact) mass is 382 g/mol. The van der Waals surface area contributed by atoms with Crippen molar-refractivity contribution >= 4 is 26.0 Å². The van der Waals surface area contributed by atoms with Crippen LogP contribution in [0.3, 0.4) is 0 Å². The Morgan fingerprint density at radius 2 is 2.00 bits per heavy atom. The summed E-state index contributed by atoms with van der Waals surface area (Å²) in [5.74, 6) is -0.582. The molecule has 0 aromatic heterocycles. The predicted molar refractivity (Wildman–Crippen MR) is 83.3 cm³/mol. The van der Waals surface area contributed by atoms with Crippen molar-refractivity contribution in [2.24, 2.45) is 11.1 Å².